The first-order valence-corrected chi connectivity index (χ1v) is 10.4. The summed E-state index contributed by atoms with van der Waals surface area (Å²) in [5.74, 6) is -0.183. The fourth-order valence-corrected chi connectivity index (χ4v) is 3.94. The highest BCUT2D eigenvalue weighted by Crippen LogP contribution is 2.19. The van der Waals surface area contributed by atoms with Crippen LogP contribution in [0.15, 0.2) is 83.8 Å². The predicted molar refractivity (Wildman–Crippen MR) is 111 cm³/mol. The monoisotopic (exact) mass is 414 g/mol. The Morgan fingerprint density at radius 3 is 2.18 bits per heavy atom. The molecular weight excluding hydrogens is 396 g/mol. The van der Waals surface area contributed by atoms with E-state index < -0.39 is 10.0 Å². The Hall–Kier alpha value is -2.83. The van der Waals surface area contributed by atoms with Crippen LogP contribution in [0.5, 0.6) is 0 Å². The quantitative estimate of drug-likeness (QED) is 0.649. The van der Waals surface area contributed by atoms with Crippen molar-refractivity contribution in [1.29, 1.82) is 0 Å². The van der Waals surface area contributed by atoms with Crippen molar-refractivity contribution in [2.24, 2.45) is 0 Å². The van der Waals surface area contributed by atoms with Gasteiger partial charge in [0, 0.05) is 29.9 Å². The number of amides is 1. The van der Waals surface area contributed by atoms with Crippen LogP contribution in [-0.4, -0.2) is 26.3 Å². The van der Waals surface area contributed by atoms with Gasteiger partial charge in [0.15, 0.2) is 0 Å². The van der Waals surface area contributed by atoms with Crippen molar-refractivity contribution in [2.75, 3.05) is 11.8 Å². The topological polar surface area (TPSA) is 66.5 Å². The molecule has 1 N–H and O–H groups in total. The van der Waals surface area contributed by atoms with Gasteiger partial charge >= 0.3 is 0 Å². The van der Waals surface area contributed by atoms with Gasteiger partial charge in [0.1, 0.15) is 0 Å². The van der Waals surface area contributed by atoms with Crippen LogP contribution in [0.4, 0.5) is 5.69 Å². The highest BCUT2D eigenvalue weighted by atomic mass is 35.5. The Morgan fingerprint density at radius 1 is 0.929 bits per heavy atom. The van der Waals surface area contributed by atoms with Gasteiger partial charge in [-0.05, 0) is 48.0 Å². The molecule has 5 nitrogen and oxygen atoms in total. The van der Waals surface area contributed by atoms with E-state index in [1.165, 1.54) is 12.1 Å². The molecule has 1 amide bonds. The van der Waals surface area contributed by atoms with E-state index >= 15 is 0 Å². The Balaban J connectivity index is 1.70. The number of benzene rings is 3. The fraction of sp³-hybridized carbons (Fsp3) is 0.0952. The molecule has 0 atom stereocenters. The van der Waals surface area contributed by atoms with Crippen LogP contribution in [0.2, 0.25) is 5.02 Å². The summed E-state index contributed by atoms with van der Waals surface area (Å²) in [7, 11) is -1.98. The van der Waals surface area contributed by atoms with Crippen LogP contribution in [-0.2, 0) is 16.6 Å². The maximum atomic E-state index is 12.6. The van der Waals surface area contributed by atoms with Gasteiger partial charge in [-0.15, -0.1) is 0 Å². The zero-order valence-corrected chi connectivity index (χ0v) is 16.7. The number of hydrogen-bond donors (Lipinski definition) is 1. The second-order valence-corrected chi connectivity index (χ2v) is 8.34. The molecule has 0 aliphatic carbocycles. The Bertz CT molecular complexity index is 1070. The van der Waals surface area contributed by atoms with Crippen molar-refractivity contribution in [1.82, 2.24) is 4.90 Å². The van der Waals surface area contributed by atoms with E-state index in [9.17, 15) is 13.2 Å². The van der Waals surface area contributed by atoms with Crippen LogP contribution in [0, 0.1) is 0 Å². The van der Waals surface area contributed by atoms with Crippen LogP contribution in [0.25, 0.3) is 0 Å². The first kappa shape index (κ1) is 19.9. The molecule has 0 aromatic heterocycles. The Labute approximate surface area is 169 Å². The van der Waals surface area contributed by atoms with Crippen LogP contribution in [0.1, 0.15) is 15.9 Å². The third kappa shape index (κ3) is 4.71. The number of carbonyl (C=O) groups excluding carboxylic acids is 1. The van der Waals surface area contributed by atoms with Crippen molar-refractivity contribution in [2.45, 2.75) is 11.4 Å². The summed E-state index contributed by atoms with van der Waals surface area (Å²) in [5, 5.41) is 0.604. The predicted octanol–water partition coefficient (Wildman–Crippen LogP) is 4.41. The third-order valence-corrected chi connectivity index (χ3v) is 5.92. The normalized spacial score (nSPS) is 11.1. The minimum atomic E-state index is -3.67. The van der Waals surface area contributed by atoms with E-state index in [2.05, 4.69) is 4.72 Å². The number of sulfonamides is 1. The molecule has 28 heavy (non-hydrogen) atoms. The van der Waals surface area contributed by atoms with Crippen molar-refractivity contribution in [3.63, 3.8) is 0 Å². The van der Waals surface area contributed by atoms with Gasteiger partial charge in [-0.25, -0.2) is 8.42 Å². The van der Waals surface area contributed by atoms with Crippen molar-refractivity contribution < 1.29 is 13.2 Å². The zero-order valence-electron chi connectivity index (χ0n) is 15.2. The van der Waals surface area contributed by atoms with E-state index in [0.717, 1.165) is 5.56 Å². The van der Waals surface area contributed by atoms with Crippen LogP contribution >= 0.6 is 11.6 Å². The van der Waals surface area contributed by atoms with Gasteiger partial charge in [-0.1, -0.05) is 48.0 Å². The number of nitrogens with zero attached hydrogens (tertiary/aromatic N) is 1. The molecule has 0 spiro atoms. The molecule has 0 aliphatic rings. The highest BCUT2D eigenvalue weighted by molar-refractivity contribution is 7.92. The average Bonchev–Trinajstić information content (AvgIpc) is 2.70. The number of nitrogens with one attached hydrogen (secondary N) is 1. The fourth-order valence-electron chi connectivity index (χ4n) is 2.67. The Kier molecular flexibility index (Phi) is 6.02. The van der Waals surface area contributed by atoms with E-state index in [1.54, 1.807) is 60.5 Å². The number of hydrogen-bond acceptors (Lipinski definition) is 3. The molecule has 7 heteroatoms. The van der Waals surface area contributed by atoms with Gasteiger partial charge in [-0.2, -0.15) is 0 Å². The van der Waals surface area contributed by atoms with E-state index in [4.69, 9.17) is 11.6 Å². The first-order chi connectivity index (χ1) is 13.4. The number of rotatable bonds is 6. The van der Waals surface area contributed by atoms with E-state index in [1.807, 2.05) is 18.2 Å². The molecule has 0 radical (unpaired) electrons. The molecule has 0 saturated carbocycles. The number of anilines is 1. The summed E-state index contributed by atoms with van der Waals surface area (Å²) in [6.45, 7) is 0.376. The minimum Gasteiger partial charge on any atom is -0.337 e. The first-order valence-electron chi connectivity index (χ1n) is 8.53. The lowest BCUT2D eigenvalue weighted by molar-refractivity contribution is 0.0785. The van der Waals surface area contributed by atoms with E-state index in [0.29, 0.717) is 22.8 Å². The molecule has 0 fully saturated rings. The summed E-state index contributed by atoms with van der Waals surface area (Å²) in [6, 6.07) is 21.8. The molecule has 3 rings (SSSR count). The van der Waals surface area contributed by atoms with Crippen molar-refractivity contribution in [3.05, 3.63) is 95.0 Å². The lowest BCUT2D eigenvalue weighted by Gasteiger charge is -2.18. The maximum absolute atomic E-state index is 12.6. The average molecular weight is 415 g/mol. The largest absolute Gasteiger partial charge is 0.337 e. The standard InChI is InChI=1S/C21H19ClN2O3S/c1-24(15-17-7-5-6-10-20(17)22)21(25)16-11-13-18(14-12-16)23-28(26,27)19-8-3-2-4-9-19/h2-14,23H,15H2,1H3. The molecule has 0 unspecified atom stereocenters. The lowest BCUT2D eigenvalue weighted by Crippen LogP contribution is -2.26. The van der Waals surface area contributed by atoms with E-state index in [-0.39, 0.29) is 10.8 Å². The molecular formula is C21H19ClN2O3S. The zero-order chi connectivity index (χ0) is 20.1. The van der Waals surface area contributed by atoms with Gasteiger partial charge < -0.3 is 4.90 Å². The SMILES string of the molecule is CN(Cc1ccccc1Cl)C(=O)c1ccc(NS(=O)(=O)c2ccccc2)cc1. The van der Waals surface area contributed by atoms with Crippen molar-refractivity contribution >= 4 is 33.2 Å². The molecule has 144 valence electrons. The summed E-state index contributed by atoms with van der Waals surface area (Å²) in [6.07, 6.45) is 0. The minimum absolute atomic E-state index is 0.176. The smallest absolute Gasteiger partial charge is 0.261 e. The van der Waals surface area contributed by atoms with Gasteiger partial charge in [0.25, 0.3) is 15.9 Å². The van der Waals surface area contributed by atoms with Crippen LogP contribution in [0.3, 0.4) is 0 Å². The molecule has 3 aromatic rings. The second kappa shape index (κ2) is 8.46. The molecule has 0 saturated heterocycles. The summed E-state index contributed by atoms with van der Waals surface area (Å²) < 4.78 is 27.2. The summed E-state index contributed by atoms with van der Waals surface area (Å²) in [4.78, 5) is 14.4. The Morgan fingerprint density at radius 2 is 1.54 bits per heavy atom. The lowest BCUT2D eigenvalue weighted by atomic mass is 10.1. The summed E-state index contributed by atoms with van der Waals surface area (Å²) >= 11 is 6.15. The highest BCUT2D eigenvalue weighted by Gasteiger charge is 2.16. The summed E-state index contributed by atoms with van der Waals surface area (Å²) in [5.41, 5.74) is 1.69. The van der Waals surface area contributed by atoms with Gasteiger partial charge in [0.05, 0.1) is 4.90 Å². The van der Waals surface area contributed by atoms with Crippen molar-refractivity contribution in [3.8, 4) is 0 Å². The van der Waals surface area contributed by atoms with Crippen LogP contribution < -0.4 is 4.72 Å². The maximum Gasteiger partial charge on any atom is 0.261 e. The molecule has 0 bridgehead atoms. The van der Waals surface area contributed by atoms with Gasteiger partial charge in [-0.3, -0.25) is 9.52 Å². The van der Waals surface area contributed by atoms with Gasteiger partial charge in [0.2, 0.25) is 0 Å². The number of carbonyl (C=O) groups is 1. The second-order valence-electron chi connectivity index (χ2n) is 6.25. The number of halogens is 1. The molecule has 0 heterocycles. The molecule has 3 aromatic carbocycles. The molecule has 0 aliphatic heterocycles. The third-order valence-electron chi connectivity index (χ3n) is 4.15.